The zero-order valence-corrected chi connectivity index (χ0v) is 17.6. The van der Waals surface area contributed by atoms with Crippen LogP contribution in [-0.2, 0) is 4.79 Å². The summed E-state index contributed by atoms with van der Waals surface area (Å²) in [6.07, 6.45) is 6.53. The molecule has 3 aliphatic rings. The van der Waals surface area contributed by atoms with Gasteiger partial charge in [-0.1, -0.05) is 0 Å². The molecule has 0 radical (unpaired) electrons. The van der Waals surface area contributed by atoms with Crippen LogP contribution < -0.4 is 14.8 Å². The predicted octanol–water partition coefficient (Wildman–Crippen LogP) is 3.59. The molecule has 5 rings (SSSR count). The molecule has 8 heteroatoms. The Kier molecular flexibility index (Phi) is 5.33. The first kappa shape index (κ1) is 19.4. The standard InChI is InChI=1S/C22H25N3O4S/c26-20-3-1-2-10-25(20)16-7-5-15(6-8-16)23-21(27)17-12-30-22(24-17)14-4-9-18-19(11-14)29-13-28-18/h4,9,11-12,15-16H,1-3,5-8,10,13H2,(H,23,27). The third-order valence-corrected chi connectivity index (χ3v) is 7.08. The average Bonchev–Trinajstić information content (AvgIpc) is 3.44. The van der Waals surface area contributed by atoms with Gasteiger partial charge in [0.2, 0.25) is 12.7 Å². The van der Waals surface area contributed by atoms with Crippen molar-refractivity contribution in [2.24, 2.45) is 0 Å². The lowest BCUT2D eigenvalue weighted by molar-refractivity contribution is -0.136. The minimum atomic E-state index is -0.129. The quantitative estimate of drug-likeness (QED) is 0.807. The van der Waals surface area contributed by atoms with Crippen molar-refractivity contribution in [3.05, 3.63) is 29.3 Å². The second-order valence-electron chi connectivity index (χ2n) is 8.13. The van der Waals surface area contributed by atoms with E-state index in [1.54, 1.807) is 5.38 Å². The fraction of sp³-hybridized carbons (Fsp3) is 0.500. The zero-order chi connectivity index (χ0) is 20.5. The third kappa shape index (κ3) is 3.88. The summed E-state index contributed by atoms with van der Waals surface area (Å²) in [6.45, 7) is 1.13. The summed E-state index contributed by atoms with van der Waals surface area (Å²) in [6, 6.07) is 6.17. The van der Waals surface area contributed by atoms with Crippen molar-refractivity contribution >= 4 is 23.2 Å². The minimum absolute atomic E-state index is 0.129. The molecule has 2 aromatic rings. The minimum Gasteiger partial charge on any atom is -0.454 e. The van der Waals surface area contributed by atoms with E-state index in [-0.39, 0.29) is 18.7 Å². The van der Waals surface area contributed by atoms with Crippen LogP contribution in [0.4, 0.5) is 0 Å². The van der Waals surface area contributed by atoms with Crippen LogP contribution in [0.25, 0.3) is 10.6 Å². The van der Waals surface area contributed by atoms with Gasteiger partial charge in [-0.2, -0.15) is 0 Å². The highest BCUT2D eigenvalue weighted by atomic mass is 32.1. The summed E-state index contributed by atoms with van der Waals surface area (Å²) in [7, 11) is 0. The number of carbonyl (C=O) groups is 2. The van der Waals surface area contributed by atoms with Gasteiger partial charge >= 0.3 is 0 Å². The molecule has 0 atom stereocenters. The van der Waals surface area contributed by atoms with Gasteiger partial charge in [0, 0.05) is 36.0 Å². The summed E-state index contributed by atoms with van der Waals surface area (Å²) in [5, 5.41) is 5.72. The number of likely N-dealkylation sites (tertiary alicyclic amines) is 1. The number of benzene rings is 1. The lowest BCUT2D eigenvalue weighted by atomic mass is 9.89. The number of piperidine rings is 1. The van der Waals surface area contributed by atoms with Gasteiger partial charge in [-0.3, -0.25) is 9.59 Å². The number of hydrogen-bond acceptors (Lipinski definition) is 6. The number of nitrogens with zero attached hydrogens (tertiary/aromatic N) is 2. The monoisotopic (exact) mass is 427 g/mol. The lowest BCUT2D eigenvalue weighted by Gasteiger charge is -2.39. The average molecular weight is 428 g/mol. The van der Waals surface area contributed by atoms with Gasteiger partial charge in [-0.15, -0.1) is 11.3 Å². The number of nitrogens with one attached hydrogen (secondary N) is 1. The number of aromatic nitrogens is 1. The highest BCUT2D eigenvalue weighted by molar-refractivity contribution is 7.13. The summed E-state index contributed by atoms with van der Waals surface area (Å²) in [4.78, 5) is 31.5. The van der Waals surface area contributed by atoms with Crippen molar-refractivity contribution in [1.82, 2.24) is 15.2 Å². The molecule has 1 aromatic heterocycles. The molecule has 158 valence electrons. The Labute approximate surface area is 179 Å². The molecule has 30 heavy (non-hydrogen) atoms. The van der Waals surface area contributed by atoms with Gasteiger partial charge < -0.3 is 19.7 Å². The largest absolute Gasteiger partial charge is 0.454 e. The maximum atomic E-state index is 12.7. The van der Waals surface area contributed by atoms with Crippen molar-refractivity contribution in [2.45, 2.75) is 57.0 Å². The van der Waals surface area contributed by atoms with Crippen LogP contribution in [-0.4, -0.2) is 47.1 Å². The maximum absolute atomic E-state index is 12.7. The first-order valence-corrected chi connectivity index (χ1v) is 11.5. The Morgan fingerprint density at radius 3 is 2.80 bits per heavy atom. The molecule has 7 nitrogen and oxygen atoms in total. The Bertz CT molecular complexity index is 952. The molecule has 2 amide bonds. The number of rotatable bonds is 4. The van der Waals surface area contributed by atoms with Crippen molar-refractivity contribution in [3.8, 4) is 22.1 Å². The molecule has 0 bridgehead atoms. The lowest BCUT2D eigenvalue weighted by Crippen LogP contribution is -2.47. The van der Waals surface area contributed by atoms with E-state index in [0.717, 1.165) is 61.4 Å². The molecule has 1 aromatic carbocycles. The van der Waals surface area contributed by atoms with Gasteiger partial charge in [-0.25, -0.2) is 4.98 Å². The highest BCUT2D eigenvalue weighted by Gasteiger charge is 2.31. The number of thiazole rings is 1. The van der Waals surface area contributed by atoms with Crippen LogP contribution in [0.2, 0.25) is 0 Å². The van der Waals surface area contributed by atoms with Crippen molar-refractivity contribution in [1.29, 1.82) is 0 Å². The van der Waals surface area contributed by atoms with Crippen LogP contribution in [0, 0.1) is 0 Å². The number of ether oxygens (including phenoxy) is 2. The summed E-state index contributed by atoms with van der Waals surface area (Å²) < 4.78 is 10.8. The fourth-order valence-corrected chi connectivity index (χ4v) is 5.34. The molecule has 1 N–H and O–H groups in total. The summed E-state index contributed by atoms with van der Waals surface area (Å²) in [5.41, 5.74) is 1.36. The summed E-state index contributed by atoms with van der Waals surface area (Å²) in [5.74, 6) is 1.61. The third-order valence-electron chi connectivity index (χ3n) is 6.19. The van der Waals surface area contributed by atoms with Crippen LogP contribution >= 0.6 is 11.3 Å². The Morgan fingerprint density at radius 2 is 1.97 bits per heavy atom. The number of carbonyl (C=O) groups excluding carboxylic acids is 2. The van der Waals surface area contributed by atoms with E-state index >= 15 is 0 Å². The van der Waals surface area contributed by atoms with E-state index < -0.39 is 0 Å². The van der Waals surface area contributed by atoms with E-state index in [1.165, 1.54) is 11.3 Å². The Morgan fingerprint density at radius 1 is 1.13 bits per heavy atom. The van der Waals surface area contributed by atoms with Crippen LogP contribution in [0.5, 0.6) is 11.5 Å². The van der Waals surface area contributed by atoms with Gasteiger partial charge in [0.15, 0.2) is 11.5 Å². The Balaban J connectivity index is 1.17. The van der Waals surface area contributed by atoms with E-state index in [1.807, 2.05) is 18.2 Å². The molecule has 2 fully saturated rings. The first-order chi connectivity index (χ1) is 14.7. The predicted molar refractivity (Wildman–Crippen MR) is 113 cm³/mol. The van der Waals surface area contributed by atoms with E-state index in [2.05, 4.69) is 15.2 Å². The SMILES string of the molecule is O=C(NC1CCC(N2CCCCC2=O)CC1)c1csc(-c2ccc3c(c2)OCO3)n1. The molecule has 1 saturated carbocycles. The maximum Gasteiger partial charge on any atom is 0.270 e. The molecule has 0 unspecified atom stereocenters. The van der Waals surface area contributed by atoms with Gasteiger partial charge in [0.05, 0.1) is 0 Å². The zero-order valence-electron chi connectivity index (χ0n) is 16.8. The number of fused-ring (bicyclic) bond motifs is 1. The van der Waals surface area contributed by atoms with E-state index in [0.29, 0.717) is 29.8 Å². The second kappa shape index (κ2) is 8.26. The van der Waals surface area contributed by atoms with Crippen LogP contribution in [0.3, 0.4) is 0 Å². The Hall–Kier alpha value is -2.61. The van der Waals surface area contributed by atoms with Gasteiger partial charge in [0.1, 0.15) is 10.7 Å². The van der Waals surface area contributed by atoms with Crippen molar-refractivity contribution < 1.29 is 19.1 Å². The van der Waals surface area contributed by atoms with Crippen molar-refractivity contribution in [3.63, 3.8) is 0 Å². The number of amides is 2. The second-order valence-corrected chi connectivity index (χ2v) is 8.99. The summed E-state index contributed by atoms with van der Waals surface area (Å²) >= 11 is 1.45. The topological polar surface area (TPSA) is 80.8 Å². The first-order valence-electron chi connectivity index (χ1n) is 10.6. The van der Waals surface area contributed by atoms with Crippen LogP contribution in [0.15, 0.2) is 23.6 Å². The molecular formula is C22H25N3O4S. The molecule has 3 heterocycles. The van der Waals surface area contributed by atoms with Crippen molar-refractivity contribution in [2.75, 3.05) is 13.3 Å². The normalized spacial score (nSPS) is 23.5. The smallest absolute Gasteiger partial charge is 0.270 e. The molecular weight excluding hydrogens is 402 g/mol. The molecule has 1 aliphatic carbocycles. The molecule has 2 aliphatic heterocycles. The van der Waals surface area contributed by atoms with E-state index in [9.17, 15) is 9.59 Å². The van der Waals surface area contributed by atoms with Gasteiger partial charge in [0.25, 0.3) is 5.91 Å². The van der Waals surface area contributed by atoms with Crippen LogP contribution in [0.1, 0.15) is 55.4 Å². The van der Waals surface area contributed by atoms with Gasteiger partial charge in [-0.05, 0) is 56.7 Å². The fourth-order valence-electron chi connectivity index (χ4n) is 4.54. The number of hydrogen-bond donors (Lipinski definition) is 1. The highest BCUT2D eigenvalue weighted by Crippen LogP contribution is 2.36. The van der Waals surface area contributed by atoms with E-state index in [4.69, 9.17) is 9.47 Å². The molecule has 0 spiro atoms. The molecule has 1 saturated heterocycles.